The summed E-state index contributed by atoms with van der Waals surface area (Å²) in [6.07, 6.45) is 4.67. The van der Waals surface area contributed by atoms with Crippen LogP contribution in [0.15, 0.2) is 18.2 Å². The van der Waals surface area contributed by atoms with Crippen LogP contribution in [0.4, 0.5) is 0 Å². The van der Waals surface area contributed by atoms with Crippen molar-refractivity contribution >= 4 is 0 Å². The first kappa shape index (κ1) is 13.0. The van der Waals surface area contributed by atoms with Crippen LogP contribution in [-0.2, 0) is 0 Å². The van der Waals surface area contributed by atoms with Crippen molar-refractivity contribution in [2.24, 2.45) is 5.73 Å². The number of ether oxygens (including phenoxy) is 1. The molecular formula is C14H23NO. The van der Waals surface area contributed by atoms with Gasteiger partial charge in [0, 0.05) is 0 Å². The molecule has 0 fully saturated rings. The van der Waals surface area contributed by atoms with Gasteiger partial charge in [-0.1, -0.05) is 30.5 Å². The maximum atomic E-state index is 5.74. The van der Waals surface area contributed by atoms with Crippen LogP contribution in [0, 0.1) is 13.8 Å². The van der Waals surface area contributed by atoms with Crippen molar-refractivity contribution in [3.05, 3.63) is 29.3 Å². The number of aryl methyl sites for hydroxylation is 2. The van der Waals surface area contributed by atoms with Crippen molar-refractivity contribution in [3.63, 3.8) is 0 Å². The van der Waals surface area contributed by atoms with Crippen LogP contribution in [0.25, 0.3) is 0 Å². The van der Waals surface area contributed by atoms with Crippen molar-refractivity contribution in [2.45, 2.75) is 39.5 Å². The second-order valence-electron chi connectivity index (χ2n) is 4.32. The van der Waals surface area contributed by atoms with Crippen LogP contribution in [0.2, 0.25) is 0 Å². The minimum absolute atomic E-state index is 0.803. The molecule has 2 nitrogen and oxygen atoms in total. The molecule has 0 heterocycles. The van der Waals surface area contributed by atoms with E-state index in [1.165, 1.54) is 24.0 Å². The predicted molar refractivity (Wildman–Crippen MR) is 68.9 cm³/mol. The van der Waals surface area contributed by atoms with E-state index in [0.717, 1.165) is 31.7 Å². The molecule has 0 spiro atoms. The maximum absolute atomic E-state index is 5.74. The summed E-state index contributed by atoms with van der Waals surface area (Å²) in [6, 6.07) is 6.31. The van der Waals surface area contributed by atoms with E-state index >= 15 is 0 Å². The molecule has 0 aliphatic carbocycles. The third-order valence-corrected chi connectivity index (χ3v) is 2.69. The Labute approximate surface area is 98.8 Å². The van der Waals surface area contributed by atoms with Gasteiger partial charge in [-0.05, 0) is 44.9 Å². The van der Waals surface area contributed by atoms with E-state index in [0.29, 0.717) is 0 Å². The van der Waals surface area contributed by atoms with Crippen LogP contribution in [0.3, 0.4) is 0 Å². The zero-order valence-corrected chi connectivity index (χ0v) is 10.5. The van der Waals surface area contributed by atoms with Crippen LogP contribution < -0.4 is 10.5 Å². The Morgan fingerprint density at radius 2 is 1.81 bits per heavy atom. The van der Waals surface area contributed by atoms with E-state index in [1.54, 1.807) is 0 Å². The summed E-state index contributed by atoms with van der Waals surface area (Å²) in [5.41, 5.74) is 7.95. The molecule has 1 aromatic rings. The second kappa shape index (κ2) is 7.29. The zero-order chi connectivity index (χ0) is 11.8. The SMILES string of the molecule is Cc1ccc(OCCCCCCN)c(C)c1. The second-order valence-corrected chi connectivity index (χ2v) is 4.32. The Morgan fingerprint density at radius 3 is 2.50 bits per heavy atom. The summed E-state index contributed by atoms with van der Waals surface area (Å²) in [5.74, 6) is 1.02. The fourth-order valence-corrected chi connectivity index (χ4v) is 1.74. The molecule has 16 heavy (non-hydrogen) atoms. The van der Waals surface area contributed by atoms with Crippen molar-refractivity contribution in [2.75, 3.05) is 13.2 Å². The zero-order valence-electron chi connectivity index (χ0n) is 10.5. The van der Waals surface area contributed by atoms with E-state index in [9.17, 15) is 0 Å². The third-order valence-electron chi connectivity index (χ3n) is 2.69. The van der Waals surface area contributed by atoms with Gasteiger partial charge in [-0.2, -0.15) is 0 Å². The van der Waals surface area contributed by atoms with Gasteiger partial charge >= 0.3 is 0 Å². The average Bonchev–Trinajstić information content (AvgIpc) is 2.26. The largest absolute Gasteiger partial charge is 0.493 e. The van der Waals surface area contributed by atoms with E-state index in [4.69, 9.17) is 10.5 Å². The van der Waals surface area contributed by atoms with Crippen molar-refractivity contribution in [1.82, 2.24) is 0 Å². The Morgan fingerprint density at radius 1 is 1.06 bits per heavy atom. The highest BCUT2D eigenvalue weighted by atomic mass is 16.5. The monoisotopic (exact) mass is 221 g/mol. The van der Waals surface area contributed by atoms with Gasteiger partial charge in [0.2, 0.25) is 0 Å². The predicted octanol–water partition coefficient (Wildman–Crippen LogP) is 3.20. The number of unbranched alkanes of at least 4 members (excludes halogenated alkanes) is 3. The van der Waals surface area contributed by atoms with Crippen LogP contribution >= 0.6 is 0 Å². The molecule has 2 heteroatoms. The Kier molecular flexibility index (Phi) is 5.94. The van der Waals surface area contributed by atoms with Gasteiger partial charge in [0.15, 0.2) is 0 Å². The lowest BCUT2D eigenvalue weighted by atomic mass is 10.1. The summed E-state index contributed by atoms with van der Waals surface area (Å²) >= 11 is 0. The standard InChI is InChI=1S/C14H23NO/c1-12-7-8-14(13(2)11-12)16-10-6-4-3-5-9-15/h7-8,11H,3-6,9-10,15H2,1-2H3. The minimum Gasteiger partial charge on any atom is -0.493 e. The lowest BCUT2D eigenvalue weighted by Crippen LogP contribution is -2.01. The van der Waals surface area contributed by atoms with Gasteiger partial charge in [0.25, 0.3) is 0 Å². The Hall–Kier alpha value is -1.02. The highest BCUT2D eigenvalue weighted by molar-refractivity contribution is 5.35. The summed E-state index contributed by atoms with van der Waals surface area (Å²) in [6.45, 7) is 5.81. The van der Waals surface area contributed by atoms with E-state index in [1.807, 2.05) is 0 Å². The van der Waals surface area contributed by atoms with Gasteiger partial charge in [-0.25, -0.2) is 0 Å². The highest BCUT2D eigenvalue weighted by Gasteiger charge is 1.98. The number of hydrogen-bond donors (Lipinski definition) is 1. The Bertz CT molecular complexity index is 310. The van der Waals surface area contributed by atoms with Gasteiger partial charge in [0.05, 0.1) is 6.61 Å². The molecule has 1 aromatic carbocycles. The molecule has 0 saturated heterocycles. The van der Waals surface area contributed by atoms with Crippen molar-refractivity contribution in [1.29, 1.82) is 0 Å². The number of benzene rings is 1. The number of hydrogen-bond acceptors (Lipinski definition) is 2. The molecule has 0 unspecified atom stereocenters. The topological polar surface area (TPSA) is 35.2 Å². The van der Waals surface area contributed by atoms with Gasteiger partial charge < -0.3 is 10.5 Å². The molecule has 0 amide bonds. The molecule has 0 aromatic heterocycles. The van der Waals surface area contributed by atoms with Crippen LogP contribution in [-0.4, -0.2) is 13.2 Å². The molecule has 0 saturated carbocycles. The summed E-state index contributed by atoms with van der Waals surface area (Å²) in [7, 11) is 0. The Balaban J connectivity index is 2.21. The van der Waals surface area contributed by atoms with E-state index in [2.05, 4.69) is 32.0 Å². The molecule has 0 bridgehead atoms. The molecule has 0 aliphatic heterocycles. The quantitative estimate of drug-likeness (QED) is 0.718. The molecule has 90 valence electrons. The molecule has 0 atom stereocenters. The van der Waals surface area contributed by atoms with Crippen molar-refractivity contribution < 1.29 is 4.74 Å². The molecule has 2 N–H and O–H groups in total. The smallest absolute Gasteiger partial charge is 0.122 e. The third kappa shape index (κ3) is 4.67. The molecular weight excluding hydrogens is 198 g/mol. The average molecular weight is 221 g/mol. The molecule has 0 aliphatic rings. The van der Waals surface area contributed by atoms with E-state index < -0.39 is 0 Å². The van der Waals surface area contributed by atoms with Gasteiger partial charge in [-0.15, -0.1) is 0 Å². The lowest BCUT2D eigenvalue weighted by molar-refractivity contribution is 0.303. The van der Waals surface area contributed by atoms with Gasteiger partial charge in [0.1, 0.15) is 5.75 Å². The normalized spacial score (nSPS) is 10.4. The number of rotatable bonds is 7. The minimum atomic E-state index is 0.803. The summed E-state index contributed by atoms with van der Waals surface area (Å²) in [5, 5.41) is 0. The maximum Gasteiger partial charge on any atom is 0.122 e. The highest BCUT2D eigenvalue weighted by Crippen LogP contribution is 2.18. The summed E-state index contributed by atoms with van der Waals surface area (Å²) < 4.78 is 5.74. The lowest BCUT2D eigenvalue weighted by Gasteiger charge is -2.09. The fraction of sp³-hybridized carbons (Fsp3) is 0.571. The molecule has 1 rings (SSSR count). The fourth-order valence-electron chi connectivity index (χ4n) is 1.74. The number of nitrogens with two attached hydrogens (primary N) is 1. The van der Waals surface area contributed by atoms with E-state index in [-0.39, 0.29) is 0 Å². The molecule has 0 radical (unpaired) electrons. The first-order valence-corrected chi connectivity index (χ1v) is 6.14. The van der Waals surface area contributed by atoms with Gasteiger partial charge in [-0.3, -0.25) is 0 Å². The first-order chi connectivity index (χ1) is 7.74. The first-order valence-electron chi connectivity index (χ1n) is 6.14. The van der Waals surface area contributed by atoms with Crippen LogP contribution in [0.5, 0.6) is 5.75 Å². The van der Waals surface area contributed by atoms with Crippen LogP contribution in [0.1, 0.15) is 36.8 Å². The summed E-state index contributed by atoms with van der Waals surface area (Å²) in [4.78, 5) is 0. The van der Waals surface area contributed by atoms with Crippen molar-refractivity contribution in [3.8, 4) is 5.75 Å².